The van der Waals surface area contributed by atoms with Crippen molar-refractivity contribution in [3.8, 4) is 5.75 Å². The highest BCUT2D eigenvalue weighted by Crippen LogP contribution is 2.29. The Hall–Kier alpha value is -2.00. The van der Waals surface area contributed by atoms with E-state index >= 15 is 0 Å². The summed E-state index contributed by atoms with van der Waals surface area (Å²) in [7, 11) is -2.78. The fraction of sp³-hybridized carbons (Fsp3) is 0.417. The van der Waals surface area contributed by atoms with Crippen LogP contribution in [0.5, 0.6) is 5.75 Å². The molecule has 0 saturated carbocycles. The molecule has 0 amide bonds. The molecule has 21 heavy (non-hydrogen) atoms. The van der Waals surface area contributed by atoms with Gasteiger partial charge in [-0.3, -0.25) is 14.9 Å². The van der Waals surface area contributed by atoms with E-state index in [2.05, 4.69) is 4.72 Å². The number of Topliss-reactive ketones (excluding diaryl/α,β-unsaturated/α-hetero) is 1. The average molecular weight is 316 g/mol. The first-order valence-electron chi connectivity index (χ1n) is 6.10. The molecule has 8 nitrogen and oxygen atoms in total. The van der Waals surface area contributed by atoms with Crippen LogP contribution in [-0.4, -0.2) is 32.3 Å². The second-order valence-corrected chi connectivity index (χ2v) is 5.97. The van der Waals surface area contributed by atoms with Crippen LogP contribution >= 0.6 is 0 Å². The van der Waals surface area contributed by atoms with Crippen molar-refractivity contribution < 1.29 is 22.9 Å². The second kappa shape index (κ2) is 6.64. The molecule has 0 aliphatic heterocycles. The van der Waals surface area contributed by atoms with E-state index in [1.807, 2.05) is 0 Å². The lowest BCUT2D eigenvalue weighted by molar-refractivity contribution is -0.386. The number of nitrogens with zero attached hydrogens (tertiary/aromatic N) is 1. The number of ketones is 1. The zero-order chi connectivity index (χ0) is 16.2. The van der Waals surface area contributed by atoms with E-state index in [1.54, 1.807) is 6.92 Å². The highest BCUT2D eigenvalue weighted by atomic mass is 32.2. The number of hydrogen-bond acceptors (Lipinski definition) is 6. The van der Waals surface area contributed by atoms with Gasteiger partial charge in [-0.1, -0.05) is 6.92 Å². The van der Waals surface area contributed by atoms with E-state index in [1.165, 1.54) is 26.2 Å². The number of carbonyl (C=O) groups excluding carboxylic acids is 1. The Morgan fingerprint density at radius 1 is 1.48 bits per heavy atom. The van der Waals surface area contributed by atoms with Gasteiger partial charge in [0.2, 0.25) is 10.0 Å². The highest BCUT2D eigenvalue weighted by molar-refractivity contribution is 7.89. The topological polar surface area (TPSA) is 116 Å². The van der Waals surface area contributed by atoms with Crippen LogP contribution in [0.15, 0.2) is 23.1 Å². The van der Waals surface area contributed by atoms with Crippen LogP contribution in [0.3, 0.4) is 0 Å². The second-order valence-electron chi connectivity index (χ2n) is 4.25. The SMILES string of the molecule is CCC(=O)C(C)NS(=O)(=O)c1ccc(OC)c([N+](=O)[O-])c1. The van der Waals surface area contributed by atoms with E-state index in [0.29, 0.717) is 0 Å². The zero-order valence-corrected chi connectivity index (χ0v) is 12.6. The molecule has 0 fully saturated rings. The Labute approximate surface area is 122 Å². The number of sulfonamides is 1. The number of hydrogen-bond donors (Lipinski definition) is 1. The minimum absolute atomic E-state index is 0.0448. The largest absolute Gasteiger partial charge is 0.490 e. The monoisotopic (exact) mass is 316 g/mol. The quantitative estimate of drug-likeness (QED) is 0.598. The minimum atomic E-state index is -4.03. The lowest BCUT2D eigenvalue weighted by Crippen LogP contribution is -2.38. The third-order valence-corrected chi connectivity index (χ3v) is 4.36. The summed E-state index contributed by atoms with van der Waals surface area (Å²) in [5.41, 5.74) is -0.463. The number of nitro benzene ring substituents is 1. The van der Waals surface area contributed by atoms with Gasteiger partial charge in [0.25, 0.3) is 0 Å². The standard InChI is InChI=1S/C12H16N2O6S/c1-4-11(15)8(2)13-21(18,19)9-5-6-12(20-3)10(7-9)14(16)17/h5-8,13H,4H2,1-3H3. The first-order chi connectivity index (χ1) is 9.72. The number of nitro groups is 1. The molecule has 0 aliphatic rings. The maximum atomic E-state index is 12.1. The molecule has 0 saturated heterocycles. The van der Waals surface area contributed by atoms with E-state index in [0.717, 1.165) is 6.07 Å². The smallest absolute Gasteiger partial charge is 0.312 e. The molecule has 0 aromatic heterocycles. The van der Waals surface area contributed by atoms with Crippen molar-refractivity contribution in [2.45, 2.75) is 31.2 Å². The van der Waals surface area contributed by atoms with Gasteiger partial charge < -0.3 is 4.74 Å². The maximum Gasteiger partial charge on any atom is 0.312 e. The summed E-state index contributed by atoms with van der Waals surface area (Å²) >= 11 is 0. The van der Waals surface area contributed by atoms with Crippen LogP contribution in [0.1, 0.15) is 20.3 Å². The molecule has 9 heteroatoms. The fourth-order valence-corrected chi connectivity index (χ4v) is 2.90. The van der Waals surface area contributed by atoms with Crippen LogP contribution in [0.25, 0.3) is 0 Å². The Morgan fingerprint density at radius 3 is 2.57 bits per heavy atom. The van der Waals surface area contributed by atoms with Crippen LogP contribution in [0, 0.1) is 10.1 Å². The van der Waals surface area contributed by atoms with Gasteiger partial charge in [0.1, 0.15) is 5.78 Å². The molecular formula is C12H16N2O6S. The van der Waals surface area contributed by atoms with Crippen molar-refractivity contribution in [3.05, 3.63) is 28.3 Å². The van der Waals surface area contributed by atoms with Gasteiger partial charge in [-0.25, -0.2) is 13.1 Å². The van der Waals surface area contributed by atoms with Crippen molar-refractivity contribution in [1.82, 2.24) is 4.72 Å². The molecule has 0 spiro atoms. The molecule has 1 atom stereocenters. The normalized spacial score (nSPS) is 12.7. The van der Waals surface area contributed by atoms with E-state index in [9.17, 15) is 23.3 Å². The zero-order valence-electron chi connectivity index (χ0n) is 11.8. The number of rotatable bonds is 7. The molecule has 0 radical (unpaired) electrons. The molecular weight excluding hydrogens is 300 g/mol. The first kappa shape index (κ1) is 17.1. The minimum Gasteiger partial charge on any atom is -0.490 e. The van der Waals surface area contributed by atoms with Gasteiger partial charge in [-0.15, -0.1) is 0 Å². The number of carbonyl (C=O) groups is 1. The first-order valence-corrected chi connectivity index (χ1v) is 7.58. The van der Waals surface area contributed by atoms with E-state index in [4.69, 9.17) is 4.74 Å². The van der Waals surface area contributed by atoms with Gasteiger partial charge in [-0.2, -0.15) is 0 Å². The predicted molar refractivity (Wildman–Crippen MR) is 74.7 cm³/mol. The van der Waals surface area contributed by atoms with Gasteiger partial charge in [0, 0.05) is 12.5 Å². The molecule has 1 N–H and O–H groups in total. The van der Waals surface area contributed by atoms with E-state index < -0.39 is 26.7 Å². The van der Waals surface area contributed by atoms with Crippen molar-refractivity contribution in [1.29, 1.82) is 0 Å². The van der Waals surface area contributed by atoms with Crippen molar-refractivity contribution >= 4 is 21.5 Å². The van der Waals surface area contributed by atoms with E-state index in [-0.39, 0.29) is 22.8 Å². The fourth-order valence-electron chi connectivity index (χ4n) is 1.65. The maximum absolute atomic E-state index is 12.1. The number of ether oxygens (including phenoxy) is 1. The summed E-state index contributed by atoms with van der Waals surface area (Å²) < 4.78 is 31.2. The Kier molecular flexibility index (Phi) is 5.39. The summed E-state index contributed by atoms with van der Waals surface area (Å²) in [5.74, 6) is -0.321. The summed E-state index contributed by atoms with van der Waals surface area (Å²) in [6.45, 7) is 3.03. The Morgan fingerprint density at radius 2 is 2.10 bits per heavy atom. The van der Waals surface area contributed by atoms with Crippen LogP contribution < -0.4 is 9.46 Å². The van der Waals surface area contributed by atoms with Gasteiger partial charge in [0.15, 0.2) is 5.75 Å². The third-order valence-electron chi connectivity index (χ3n) is 2.82. The summed E-state index contributed by atoms with van der Waals surface area (Å²) in [5, 5.41) is 10.9. The number of methoxy groups -OCH3 is 1. The molecule has 1 rings (SSSR count). The highest BCUT2D eigenvalue weighted by Gasteiger charge is 2.25. The summed E-state index contributed by atoms with van der Waals surface area (Å²) in [4.78, 5) is 21.3. The van der Waals surface area contributed by atoms with Crippen LogP contribution in [-0.2, 0) is 14.8 Å². The Balaban J connectivity index is 3.18. The number of benzene rings is 1. The summed E-state index contributed by atoms with van der Waals surface area (Å²) in [6, 6.07) is 2.36. The predicted octanol–water partition coefficient (Wildman–Crippen LogP) is 1.25. The average Bonchev–Trinajstić information content (AvgIpc) is 2.44. The van der Waals surface area contributed by atoms with Crippen LogP contribution in [0.2, 0.25) is 0 Å². The molecule has 1 aromatic carbocycles. The molecule has 1 unspecified atom stereocenters. The molecule has 0 bridgehead atoms. The van der Waals surface area contributed by atoms with Gasteiger partial charge >= 0.3 is 5.69 Å². The lowest BCUT2D eigenvalue weighted by atomic mass is 10.2. The summed E-state index contributed by atoms with van der Waals surface area (Å²) in [6.07, 6.45) is 0.187. The third kappa shape index (κ3) is 3.99. The molecule has 0 heterocycles. The van der Waals surface area contributed by atoms with Crippen molar-refractivity contribution in [2.75, 3.05) is 7.11 Å². The van der Waals surface area contributed by atoms with Gasteiger partial charge in [0.05, 0.1) is 23.0 Å². The lowest BCUT2D eigenvalue weighted by Gasteiger charge is -2.12. The molecule has 1 aromatic rings. The van der Waals surface area contributed by atoms with Crippen molar-refractivity contribution in [2.24, 2.45) is 0 Å². The Bertz CT molecular complexity index is 656. The molecule has 116 valence electrons. The number of nitrogens with one attached hydrogen (secondary N) is 1. The van der Waals surface area contributed by atoms with Crippen molar-refractivity contribution in [3.63, 3.8) is 0 Å². The van der Waals surface area contributed by atoms with Gasteiger partial charge in [-0.05, 0) is 19.1 Å². The molecule has 0 aliphatic carbocycles. The van der Waals surface area contributed by atoms with Crippen LogP contribution in [0.4, 0.5) is 5.69 Å².